The van der Waals surface area contributed by atoms with Crippen LogP contribution >= 0.6 is 10.9 Å². The lowest BCUT2D eigenvalue weighted by Crippen LogP contribution is -2.53. The van der Waals surface area contributed by atoms with Crippen LogP contribution in [0.3, 0.4) is 0 Å². The molecule has 3 aromatic rings. The number of thiol groups is 1. The lowest BCUT2D eigenvalue weighted by molar-refractivity contribution is -0.376. The standard InChI is InChI=1S/C21H14F6OS/c22-20(23,24)19(28,21(25,26)27)13-6-5-7-14(12-13)29-17-10-3-1-8-15(17)16-9-2-4-11-18(16)29/h1-12,28-29H. The number of rotatable bonds is 2. The van der Waals surface area contributed by atoms with E-state index in [0.717, 1.165) is 33.1 Å². The topological polar surface area (TPSA) is 20.2 Å². The minimum atomic E-state index is -5.91. The van der Waals surface area contributed by atoms with E-state index in [2.05, 4.69) is 0 Å². The van der Waals surface area contributed by atoms with Crippen LogP contribution in [0.25, 0.3) is 11.1 Å². The second-order valence-corrected chi connectivity index (χ2v) is 8.78. The Labute approximate surface area is 165 Å². The van der Waals surface area contributed by atoms with E-state index in [9.17, 15) is 31.4 Å². The van der Waals surface area contributed by atoms with Crippen LogP contribution in [-0.2, 0) is 5.60 Å². The summed E-state index contributed by atoms with van der Waals surface area (Å²) >= 11 is 0. The molecule has 0 radical (unpaired) electrons. The van der Waals surface area contributed by atoms with Gasteiger partial charge in [0, 0.05) is 15.4 Å². The molecule has 0 amide bonds. The molecule has 0 aliphatic carbocycles. The molecule has 0 spiro atoms. The van der Waals surface area contributed by atoms with Crippen molar-refractivity contribution < 1.29 is 31.4 Å². The molecule has 0 saturated heterocycles. The van der Waals surface area contributed by atoms with Gasteiger partial charge in [-0.2, -0.15) is 37.2 Å². The van der Waals surface area contributed by atoms with Crippen LogP contribution in [0.1, 0.15) is 5.56 Å². The molecule has 8 heteroatoms. The van der Waals surface area contributed by atoms with Gasteiger partial charge in [0.2, 0.25) is 0 Å². The molecule has 152 valence electrons. The van der Waals surface area contributed by atoms with Gasteiger partial charge in [-0.15, -0.1) is 0 Å². The molecule has 0 atom stereocenters. The van der Waals surface area contributed by atoms with Crippen LogP contribution < -0.4 is 0 Å². The lowest BCUT2D eigenvalue weighted by Gasteiger charge is -2.33. The molecule has 1 nitrogen and oxygen atoms in total. The summed E-state index contributed by atoms with van der Waals surface area (Å²) in [5, 5.41) is 9.77. The Morgan fingerprint density at radius 3 is 1.59 bits per heavy atom. The Morgan fingerprint density at radius 2 is 1.10 bits per heavy atom. The predicted molar refractivity (Wildman–Crippen MR) is 98.1 cm³/mol. The second-order valence-electron chi connectivity index (χ2n) is 6.63. The normalized spacial score (nSPS) is 15.2. The predicted octanol–water partition coefficient (Wildman–Crippen LogP) is 6.46. The highest BCUT2D eigenvalue weighted by atomic mass is 32.2. The van der Waals surface area contributed by atoms with Crippen LogP contribution in [0.5, 0.6) is 0 Å². The summed E-state index contributed by atoms with van der Waals surface area (Å²) in [5.74, 6) is 0. The Kier molecular flexibility index (Phi) is 4.47. The van der Waals surface area contributed by atoms with Crippen LogP contribution in [-0.4, -0.2) is 17.5 Å². The zero-order valence-corrected chi connectivity index (χ0v) is 15.5. The number of benzene rings is 3. The van der Waals surface area contributed by atoms with Crippen molar-refractivity contribution in [2.24, 2.45) is 0 Å². The maximum Gasteiger partial charge on any atom is 0.430 e. The number of halogens is 6. The number of alkyl halides is 6. The van der Waals surface area contributed by atoms with E-state index >= 15 is 0 Å². The Balaban J connectivity index is 1.92. The third-order valence-electron chi connectivity index (χ3n) is 4.92. The van der Waals surface area contributed by atoms with E-state index in [1.165, 1.54) is 6.07 Å². The number of aliphatic hydroxyl groups is 1. The fourth-order valence-electron chi connectivity index (χ4n) is 3.56. The van der Waals surface area contributed by atoms with Gasteiger partial charge in [-0.1, -0.05) is 48.5 Å². The molecule has 29 heavy (non-hydrogen) atoms. The molecule has 1 aliphatic heterocycles. The van der Waals surface area contributed by atoms with Gasteiger partial charge >= 0.3 is 12.4 Å². The SMILES string of the molecule is OC(c1cccc([SH]2c3ccccc3-c3ccccc32)c1)(C(F)(F)F)C(F)(F)F. The third kappa shape index (κ3) is 2.93. The Morgan fingerprint density at radius 1 is 0.621 bits per heavy atom. The highest BCUT2D eigenvalue weighted by Gasteiger charge is 2.71. The summed E-state index contributed by atoms with van der Waals surface area (Å²) in [5.41, 5.74) is -4.37. The molecule has 1 N–H and O–H groups in total. The van der Waals surface area contributed by atoms with Gasteiger partial charge in [0.15, 0.2) is 0 Å². The van der Waals surface area contributed by atoms with Crippen LogP contribution in [0.4, 0.5) is 26.3 Å². The molecule has 0 aromatic heterocycles. The third-order valence-corrected chi connectivity index (χ3v) is 7.46. The summed E-state index contributed by atoms with van der Waals surface area (Å²) < 4.78 is 79.8. The monoisotopic (exact) mass is 428 g/mol. The molecule has 0 unspecified atom stereocenters. The fraction of sp³-hybridized carbons (Fsp3) is 0.143. The zero-order chi connectivity index (χ0) is 21.0. The molecule has 0 saturated carbocycles. The summed E-state index contributed by atoms with van der Waals surface area (Å²) in [6.45, 7) is 0. The quantitative estimate of drug-likeness (QED) is 0.277. The maximum atomic E-state index is 13.3. The van der Waals surface area contributed by atoms with E-state index in [0.29, 0.717) is 11.0 Å². The van der Waals surface area contributed by atoms with E-state index in [-0.39, 0.29) is 0 Å². The van der Waals surface area contributed by atoms with Crippen molar-refractivity contribution in [2.75, 3.05) is 0 Å². The van der Waals surface area contributed by atoms with Gasteiger partial charge in [0.05, 0.1) is 0 Å². The van der Waals surface area contributed by atoms with Gasteiger partial charge in [0.1, 0.15) is 0 Å². The first-order valence-corrected chi connectivity index (χ1v) is 9.85. The van der Waals surface area contributed by atoms with Crippen molar-refractivity contribution in [3.63, 3.8) is 0 Å². The molecule has 0 fully saturated rings. The first kappa shape index (κ1) is 19.8. The van der Waals surface area contributed by atoms with Crippen LogP contribution in [0.15, 0.2) is 87.5 Å². The minimum absolute atomic E-state index is 0.307. The van der Waals surface area contributed by atoms with Crippen molar-refractivity contribution in [2.45, 2.75) is 32.6 Å². The maximum absolute atomic E-state index is 13.3. The zero-order valence-electron chi connectivity index (χ0n) is 14.6. The summed E-state index contributed by atoms with van der Waals surface area (Å²) in [6.07, 6.45) is -11.8. The molecule has 1 aliphatic rings. The Bertz CT molecular complexity index is 1010. The average Bonchev–Trinajstić information content (AvgIpc) is 3.00. The summed E-state index contributed by atoms with van der Waals surface area (Å²) in [6, 6.07) is 18.7. The molecule has 0 bridgehead atoms. The van der Waals surface area contributed by atoms with Crippen molar-refractivity contribution in [3.05, 3.63) is 78.4 Å². The second kappa shape index (κ2) is 6.53. The fourth-order valence-corrected chi connectivity index (χ4v) is 6.22. The van der Waals surface area contributed by atoms with E-state index in [1.807, 2.05) is 36.4 Å². The van der Waals surface area contributed by atoms with Crippen molar-refractivity contribution in [1.82, 2.24) is 0 Å². The minimum Gasteiger partial charge on any atom is -0.369 e. The summed E-state index contributed by atoms with van der Waals surface area (Å²) in [7, 11) is -1.35. The molecule has 4 rings (SSSR count). The van der Waals surface area contributed by atoms with E-state index < -0.39 is 34.4 Å². The smallest absolute Gasteiger partial charge is 0.369 e. The van der Waals surface area contributed by atoms with Gasteiger partial charge in [0.25, 0.3) is 5.60 Å². The highest BCUT2D eigenvalue weighted by Crippen LogP contribution is 2.63. The average molecular weight is 428 g/mol. The van der Waals surface area contributed by atoms with Crippen LogP contribution in [0.2, 0.25) is 0 Å². The summed E-state index contributed by atoms with van der Waals surface area (Å²) in [4.78, 5) is 2.01. The molecule has 3 aromatic carbocycles. The van der Waals surface area contributed by atoms with Crippen molar-refractivity contribution in [1.29, 1.82) is 0 Å². The molecular weight excluding hydrogens is 414 g/mol. The molecule has 1 heterocycles. The van der Waals surface area contributed by atoms with Crippen molar-refractivity contribution >= 4 is 10.9 Å². The molecular formula is C21H14F6OS. The lowest BCUT2D eigenvalue weighted by atomic mass is 9.92. The Hall–Kier alpha value is -2.45. The number of fused-ring (bicyclic) bond motifs is 3. The number of hydrogen-bond donors (Lipinski definition) is 2. The largest absolute Gasteiger partial charge is 0.430 e. The number of hydrogen-bond acceptors (Lipinski definition) is 1. The van der Waals surface area contributed by atoms with E-state index in [1.54, 1.807) is 12.1 Å². The van der Waals surface area contributed by atoms with Gasteiger partial charge < -0.3 is 5.11 Å². The highest BCUT2D eigenvalue weighted by molar-refractivity contribution is 8.17. The first-order valence-electron chi connectivity index (χ1n) is 8.50. The first-order chi connectivity index (χ1) is 13.6. The van der Waals surface area contributed by atoms with Crippen molar-refractivity contribution in [3.8, 4) is 11.1 Å². The van der Waals surface area contributed by atoms with E-state index in [4.69, 9.17) is 0 Å². The van der Waals surface area contributed by atoms with Gasteiger partial charge in [-0.05, 0) is 40.3 Å². The van der Waals surface area contributed by atoms with Gasteiger partial charge in [-0.3, -0.25) is 0 Å². The van der Waals surface area contributed by atoms with Gasteiger partial charge in [-0.25, -0.2) is 0 Å². The van der Waals surface area contributed by atoms with Crippen LogP contribution in [0, 0.1) is 0 Å².